The number of carbonyl (C=O) groups excluding carboxylic acids is 4. The predicted molar refractivity (Wildman–Crippen MR) is 234 cm³/mol. The molecular weight excluding hydrogens is 807 g/mol. The van der Waals surface area contributed by atoms with E-state index in [9.17, 15) is 19.5 Å². The maximum absolute atomic E-state index is 15.5. The minimum atomic E-state index is -2.32. The SMILES string of the molecule is CC[C@]1(NC(=O)OC)C[C@@H]2CN(CCc3c([nH]c4ccccc34)[C@@](C(=O)OC)(c3cc4c(cc3OC)N(C)[C@H]3[C@@](O)(C(=O)OC)[C@H](OC(C)=O)[C@]5(CC)C=CCN6CC[C@]43[C@@H]65)C2)C1. The van der Waals surface area contributed by atoms with Gasteiger partial charge in [-0.05, 0) is 74.2 Å². The Kier molecular flexibility index (Phi) is 10.5. The summed E-state index contributed by atoms with van der Waals surface area (Å²) in [6, 6.07) is 10.9. The zero-order chi connectivity index (χ0) is 44.9. The molecule has 338 valence electrons. The van der Waals surface area contributed by atoms with Gasteiger partial charge in [-0.25, -0.2) is 9.59 Å². The molecule has 9 rings (SSSR count). The number of fused-ring (bicyclic) bond motifs is 6. The van der Waals surface area contributed by atoms with Crippen LogP contribution in [0.25, 0.3) is 10.9 Å². The Balaban J connectivity index is 1.34. The summed E-state index contributed by atoms with van der Waals surface area (Å²) in [5.74, 6) is -1.65. The summed E-state index contributed by atoms with van der Waals surface area (Å²) >= 11 is 0. The average Bonchev–Trinajstić information content (AvgIpc) is 3.95. The summed E-state index contributed by atoms with van der Waals surface area (Å²) in [5, 5.41) is 17.6. The van der Waals surface area contributed by atoms with E-state index in [4.69, 9.17) is 23.7 Å². The quantitative estimate of drug-likeness (QED) is 0.166. The molecule has 15 heteroatoms. The Morgan fingerprint density at radius 1 is 0.937 bits per heavy atom. The number of carbonyl (C=O) groups is 4. The number of H-pyrrole nitrogens is 1. The van der Waals surface area contributed by atoms with Crippen molar-refractivity contribution in [1.29, 1.82) is 0 Å². The van der Waals surface area contributed by atoms with Gasteiger partial charge in [-0.2, -0.15) is 0 Å². The monoisotopic (exact) mass is 867 g/mol. The van der Waals surface area contributed by atoms with Crippen molar-refractivity contribution in [2.75, 3.05) is 73.1 Å². The van der Waals surface area contributed by atoms with Crippen LogP contribution in [-0.2, 0) is 50.6 Å². The first-order valence-electron chi connectivity index (χ1n) is 22.3. The summed E-state index contributed by atoms with van der Waals surface area (Å²) in [7, 11) is 7.50. The molecule has 6 aliphatic rings. The highest BCUT2D eigenvalue weighted by molar-refractivity contribution is 5.95. The number of aromatic amines is 1. The van der Waals surface area contributed by atoms with E-state index in [1.165, 1.54) is 28.3 Å². The Bertz CT molecular complexity index is 2400. The molecule has 3 fully saturated rings. The number of methoxy groups -OCH3 is 4. The number of amides is 1. The van der Waals surface area contributed by atoms with Crippen LogP contribution in [0.1, 0.15) is 75.3 Å². The highest BCUT2D eigenvalue weighted by atomic mass is 16.6. The van der Waals surface area contributed by atoms with Crippen LogP contribution >= 0.6 is 0 Å². The summed E-state index contributed by atoms with van der Waals surface area (Å²) in [4.78, 5) is 66.5. The smallest absolute Gasteiger partial charge is 0.407 e. The van der Waals surface area contributed by atoms with Gasteiger partial charge in [0.1, 0.15) is 11.2 Å². The lowest BCUT2D eigenvalue weighted by Gasteiger charge is -2.63. The lowest BCUT2D eigenvalue weighted by molar-refractivity contribution is -0.228. The van der Waals surface area contributed by atoms with Crippen LogP contribution in [0, 0.1) is 11.3 Å². The Morgan fingerprint density at radius 2 is 1.70 bits per heavy atom. The number of anilines is 1. The maximum Gasteiger partial charge on any atom is 0.407 e. The molecule has 2 saturated heterocycles. The van der Waals surface area contributed by atoms with Crippen molar-refractivity contribution < 1.29 is 48.0 Å². The predicted octanol–water partition coefficient (Wildman–Crippen LogP) is 4.35. The summed E-state index contributed by atoms with van der Waals surface area (Å²) in [5.41, 5.74) is -1.56. The highest BCUT2D eigenvalue weighted by Gasteiger charge is 2.80. The van der Waals surface area contributed by atoms with E-state index in [2.05, 4.69) is 39.2 Å². The number of alkyl carbamates (subject to hydrolysis) is 1. The molecule has 10 atom stereocenters. The van der Waals surface area contributed by atoms with Gasteiger partial charge in [0.15, 0.2) is 6.10 Å². The van der Waals surface area contributed by atoms with E-state index in [1.54, 1.807) is 7.11 Å². The van der Waals surface area contributed by atoms with E-state index in [1.807, 2.05) is 55.3 Å². The molecule has 15 nitrogen and oxygen atoms in total. The Labute approximate surface area is 368 Å². The highest BCUT2D eigenvalue weighted by Crippen LogP contribution is 2.68. The number of rotatable bonds is 8. The van der Waals surface area contributed by atoms with Gasteiger partial charge >= 0.3 is 24.0 Å². The van der Waals surface area contributed by atoms with Crippen LogP contribution in [0.4, 0.5) is 10.5 Å². The molecule has 1 amide bonds. The topological polar surface area (TPSA) is 172 Å². The van der Waals surface area contributed by atoms with E-state index < -0.39 is 63.5 Å². The van der Waals surface area contributed by atoms with Crippen LogP contribution in [0.2, 0.25) is 0 Å². The number of aromatic nitrogens is 1. The van der Waals surface area contributed by atoms with E-state index in [-0.39, 0.29) is 12.0 Å². The number of nitrogens with zero attached hydrogens (tertiary/aromatic N) is 3. The number of ether oxygens (including phenoxy) is 5. The fourth-order valence-corrected chi connectivity index (χ4v) is 14.0. The average molecular weight is 868 g/mol. The van der Waals surface area contributed by atoms with Crippen LogP contribution < -0.4 is 15.0 Å². The molecule has 1 saturated carbocycles. The third-order valence-electron chi connectivity index (χ3n) is 16.2. The Morgan fingerprint density at radius 3 is 2.38 bits per heavy atom. The van der Waals surface area contributed by atoms with Crippen LogP contribution in [0.5, 0.6) is 5.75 Å². The van der Waals surface area contributed by atoms with Crippen molar-refractivity contribution in [3.05, 3.63) is 70.9 Å². The number of likely N-dealkylation sites (N-methyl/N-ethyl adjacent to an activating group) is 1. The van der Waals surface area contributed by atoms with Crippen molar-refractivity contribution in [1.82, 2.24) is 20.1 Å². The van der Waals surface area contributed by atoms with Crippen molar-refractivity contribution in [3.63, 3.8) is 0 Å². The third-order valence-corrected chi connectivity index (χ3v) is 16.2. The number of hydrogen-bond acceptors (Lipinski definition) is 13. The van der Waals surface area contributed by atoms with Gasteiger partial charge in [0.05, 0.1) is 40.0 Å². The lowest BCUT2D eigenvalue weighted by Crippen LogP contribution is -2.81. The standard InChI is InChI=1S/C48H61N5O10/c1-9-44(50-43(57)62-8)24-29-25-47(41(55)60-6,37-31(16-20-52(26-29)27-44)30-14-11-12-15-34(30)49-37)33-22-32-35(23-36(33)59-5)51(4)39-46(32)18-21-53-19-13-17-45(10-2,38(46)53)40(63-28(3)54)48(39,58)42(56)61-7/h11-15,17,22-23,29,38-40,49,58H,9-10,16,18-21,24-27H2,1-8H3,(H,50,57)/t29-,38-,39+,40+,44-,45+,46+,47-,48-/m0/s1. The number of aliphatic hydroxyl groups is 1. The third kappa shape index (κ3) is 5.80. The zero-order valence-electron chi connectivity index (χ0n) is 37.7. The molecular formula is C48H61N5O10. The number of para-hydroxylation sites is 1. The number of esters is 3. The summed E-state index contributed by atoms with van der Waals surface area (Å²) in [6.07, 6.45) is 5.46. The van der Waals surface area contributed by atoms with E-state index >= 15 is 4.79 Å². The number of nitrogens with one attached hydrogen (secondary N) is 2. The molecule has 1 unspecified atom stereocenters. The van der Waals surface area contributed by atoms with Crippen LogP contribution in [0.3, 0.4) is 0 Å². The minimum Gasteiger partial charge on any atom is -0.496 e. The zero-order valence-corrected chi connectivity index (χ0v) is 37.7. The van der Waals surface area contributed by atoms with Gasteiger partial charge < -0.3 is 48.9 Å². The normalized spacial score (nSPS) is 35.2. The fraction of sp³-hybridized carbons (Fsp3) is 0.583. The minimum absolute atomic E-state index is 0.124. The van der Waals surface area contributed by atoms with Gasteiger partial charge in [0.25, 0.3) is 0 Å². The molecule has 1 aromatic heterocycles. The van der Waals surface area contributed by atoms with E-state index in [0.717, 1.165) is 33.4 Å². The second-order valence-corrected chi connectivity index (χ2v) is 18.9. The molecule has 2 bridgehead atoms. The molecule has 1 spiro atoms. The molecule has 5 aliphatic heterocycles. The number of piperidine rings is 1. The molecule has 3 N–H and O–H groups in total. The molecule has 2 aromatic carbocycles. The molecule has 6 heterocycles. The van der Waals surface area contributed by atoms with E-state index in [0.29, 0.717) is 82.6 Å². The van der Waals surface area contributed by atoms with Crippen molar-refractivity contribution >= 4 is 40.6 Å². The van der Waals surface area contributed by atoms with Gasteiger partial charge in [-0.15, -0.1) is 0 Å². The van der Waals surface area contributed by atoms with Gasteiger partial charge in [0.2, 0.25) is 5.60 Å². The van der Waals surface area contributed by atoms with Gasteiger partial charge in [0, 0.05) is 90.9 Å². The number of hydrogen-bond donors (Lipinski definition) is 3. The molecule has 1 aliphatic carbocycles. The molecule has 3 aromatic rings. The lowest BCUT2D eigenvalue weighted by atomic mass is 9.47. The van der Waals surface area contributed by atoms with Gasteiger partial charge in [-0.3, -0.25) is 14.5 Å². The first-order valence-corrected chi connectivity index (χ1v) is 22.3. The summed E-state index contributed by atoms with van der Waals surface area (Å²) < 4.78 is 29.2. The maximum atomic E-state index is 15.5. The van der Waals surface area contributed by atoms with Crippen molar-refractivity contribution in [3.8, 4) is 5.75 Å². The molecule has 63 heavy (non-hydrogen) atoms. The second kappa shape index (κ2) is 15.3. The van der Waals surface area contributed by atoms with Crippen LogP contribution in [-0.4, -0.2) is 141 Å². The fourth-order valence-electron chi connectivity index (χ4n) is 14.0. The first kappa shape index (κ1) is 43.1. The second-order valence-electron chi connectivity index (χ2n) is 18.9. The number of benzene rings is 2. The van der Waals surface area contributed by atoms with Crippen molar-refractivity contribution in [2.24, 2.45) is 11.3 Å². The first-order chi connectivity index (χ1) is 30.2. The van der Waals surface area contributed by atoms with Crippen molar-refractivity contribution in [2.45, 2.75) is 99.5 Å². The Hall–Kier alpha value is -5.12. The van der Waals surface area contributed by atoms with Crippen LogP contribution in [0.15, 0.2) is 48.6 Å². The summed E-state index contributed by atoms with van der Waals surface area (Å²) in [6.45, 7) is 8.65. The molecule has 0 radical (unpaired) electrons. The van der Waals surface area contributed by atoms with Gasteiger partial charge in [-0.1, -0.05) is 44.2 Å². The largest absolute Gasteiger partial charge is 0.496 e.